The number of aromatic nitrogens is 2. The number of nitrogens with zero attached hydrogens (tertiary/aromatic N) is 3. The van der Waals surface area contributed by atoms with E-state index in [2.05, 4.69) is 196 Å². The molecule has 0 N–H and O–H groups in total. The summed E-state index contributed by atoms with van der Waals surface area (Å²) in [5, 5.41) is 6.98. The van der Waals surface area contributed by atoms with Crippen LogP contribution in [0.25, 0.3) is 82.5 Å². The van der Waals surface area contributed by atoms with Crippen molar-refractivity contribution in [3.63, 3.8) is 0 Å². The molecule has 0 aliphatic rings. The van der Waals surface area contributed by atoms with E-state index in [1.54, 1.807) is 6.20 Å². The minimum Gasteiger partial charge on any atom is -0.456 e. The molecule has 3 heterocycles. The Labute approximate surface area is 317 Å². The number of furan rings is 1. The summed E-state index contributed by atoms with van der Waals surface area (Å²) in [5.41, 5.74) is 13.0. The van der Waals surface area contributed by atoms with Gasteiger partial charge < -0.3 is 13.9 Å². The van der Waals surface area contributed by atoms with E-state index in [0.717, 1.165) is 50.3 Å². The predicted molar refractivity (Wildman–Crippen MR) is 229 cm³/mol. The molecule has 0 amide bonds. The summed E-state index contributed by atoms with van der Waals surface area (Å²) in [6, 6.07) is 67.5. The van der Waals surface area contributed by atoms with Crippen LogP contribution < -0.4 is 4.90 Å². The Bertz CT molecular complexity index is 3160. The molecule has 0 fully saturated rings. The fourth-order valence-electron chi connectivity index (χ4n) is 8.28. The molecule has 0 bridgehead atoms. The van der Waals surface area contributed by atoms with Gasteiger partial charge in [-0.05, 0) is 99.8 Å². The third kappa shape index (κ3) is 5.19. The third-order valence-corrected chi connectivity index (χ3v) is 10.9. The fraction of sp³-hybridized carbons (Fsp3) is 0. The highest BCUT2D eigenvalue weighted by Gasteiger charge is 2.18. The summed E-state index contributed by atoms with van der Waals surface area (Å²) in [6.45, 7) is 0. The summed E-state index contributed by atoms with van der Waals surface area (Å²) in [6.07, 6.45) is 3.65. The second kappa shape index (κ2) is 12.6. The first-order valence-corrected chi connectivity index (χ1v) is 18.6. The summed E-state index contributed by atoms with van der Waals surface area (Å²) >= 11 is 0. The normalized spacial score (nSPS) is 11.6. The number of rotatable bonds is 6. The fourth-order valence-corrected chi connectivity index (χ4v) is 8.28. The summed E-state index contributed by atoms with van der Waals surface area (Å²) in [5.74, 6) is 0. The van der Waals surface area contributed by atoms with Crippen molar-refractivity contribution in [2.24, 2.45) is 0 Å². The maximum Gasteiger partial charge on any atom is 0.138 e. The number of benzene rings is 8. The molecule has 0 saturated carbocycles. The van der Waals surface area contributed by atoms with Gasteiger partial charge in [0.1, 0.15) is 11.2 Å². The molecule has 4 nitrogen and oxygen atoms in total. The van der Waals surface area contributed by atoms with Crippen LogP contribution >= 0.6 is 0 Å². The lowest BCUT2D eigenvalue weighted by Gasteiger charge is -2.26. The van der Waals surface area contributed by atoms with Gasteiger partial charge in [0.25, 0.3) is 0 Å². The van der Waals surface area contributed by atoms with E-state index in [0.29, 0.717) is 0 Å². The lowest BCUT2D eigenvalue weighted by atomic mass is 9.93. The Hall–Kier alpha value is -7.43. The van der Waals surface area contributed by atoms with Crippen LogP contribution in [0.2, 0.25) is 0 Å². The average molecular weight is 704 g/mol. The van der Waals surface area contributed by atoms with E-state index in [-0.39, 0.29) is 0 Å². The standard InChI is InChI=1S/C51H33N3O/c1-2-11-35(12-3-1)46-31-40(54-48-16-8-6-14-43(48)44-15-7-9-17-49(44)54)24-26-42(46)36-19-21-38(22-20-36)53(39-23-18-34-10-4-5-13-37(34)30-39)41-25-27-45-47-33-52-29-28-50(47)55-51(45)32-41/h1-33H. The molecule has 55 heavy (non-hydrogen) atoms. The highest BCUT2D eigenvalue weighted by atomic mass is 16.3. The molecule has 3 aromatic heterocycles. The van der Waals surface area contributed by atoms with E-state index in [1.165, 1.54) is 49.3 Å². The third-order valence-electron chi connectivity index (χ3n) is 10.9. The zero-order chi connectivity index (χ0) is 36.3. The molecule has 4 heteroatoms. The van der Waals surface area contributed by atoms with Crippen molar-refractivity contribution in [1.29, 1.82) is 0 Å². The molecular formula is C51H33N3O. The largest absolute Gasteiger partial charge is 0.456 e. The number of fused-ring (bicyclic) bond motifs is 7. The van der Waals surface area contributed by atoms with Gasteiger partial charge in [-0.1, -0.05) is 115 Å². The Morgan fingerprint density at radius 3 is 1.87 bits per heavy atom. The van der Waals surface area contributed by atoms with Crippen molar-refractivity contribution in [3.05, 3.63) is 200 Å². The Kier molecular flexibility index (Phi) is 7.14. The van der Waals surface area contributed by atoms with Crippen molar-refractivity contribution < 1.29 is 4.42 Å². The second-order valence-corrected chi connectivity index (χ2v) is 14.0. The highest BCUT2D eigenvalue weighted by Crippen LogP contribution is 2.42. The number of pyridine rings is 1. The number of anilines is 3. The minimum atomic E-state index is 0.832. The zero-order valence-corrected chi connectivity index (χ0v) is 29.8. The van der Waals surface area contributed by atoms with E-state index in [9.17, 15) is 0 Å². The van der Waals surface area contributed by atoms with Crippen molar-refractivity contribution >= 4 is 71.6 Å². The lowest BCUT2D eigenvalue weighted by Crippen LogP contribution is -2.09. The molecule has 0 spiro atoms. The lowest BCUT2D eigenvalue weighted by molar-refractivity contribution is 0.668. The Balaban J connectivity index is 1.05. The van der Waals surface area contributed by atoms with Gasteiger partial charge in [-0.3, -0.25) is 4.98 Å². The van der Waals surface area contributed by atoms with Crippen LogP contribution in [0.3, 0.4) is 0 Å². The predicted octanol–water partition coefficient (Wildman–Crippen LogP) is 14.0. The molecule has 0 aliphatic heterocycles. The first-order chi connectivity index (χ1) is 27.3. The van der Waals surface area contributed by atoms with E-state index < -0.39 is 0 Å². The first kappa shape index (κ1) is 31.1. The highest BCUT2D eigenvalue weighted by molar-refractivity contribution is 6.09. The van der Waals surface area contributed by atoms with Crippen LogP contribution in [0.1, 0.15) is 0 Å². The summed E-state index contributed by atoms with van der Waals surface area (Å²) in [7, 11) is 0. The van der Waals surface area contributed by atoms with Gasteiger partial charge in [-0.25, -0.2) is 0 Å². The van der Waals surface area contributed by atoms with Gasteiger partial charge in [-0.15, -0.1) is 0 Å². The second-order valence-electron chi connectivity index (χ2n) is 14.0. The molecule has 0 saturated heterocycles. The van der Waals surface area contributed by atoms with Crippen molar-refractivity contribution in [1.82, 2.24) is 9.55 Å². The zero-order valence-electron chi connectivity index (χ0n) is 29.8. The van der Waals surface area contributed by atoms with Gasteiger partial charge in [0.15, 0.2) is 0 Å². The van der Waals surface area contributed by atoms with E-state index in [1.807, 2.05) is 12.3 Å². The molecular weight excluding hydrogens is 671 g/mol. The molecule has 0 radical (unpaired) electrons. The number of para-hydroxylation sites is 2. The molecule has 11 aromatic rings. The number of hydrogen-bond donors (Lipinski definition) is 0. The SMILES string of the molecule is c1ccc(-c2cc(-n3c4ccccc4c4ccccc43)ccc2-c2ccc(N(c3ccc4ccccc4c3)c3ccc4c(c3)oc3ccncc34)cc2)cc1. The van der Waals surface area contributed by atoms with Crippen LogP contribution in [0.4, 0.5) is 17.1 Å². The smallest absolute Gasteiger partial charge is 0.138 e. The molecule has 8 aromatic carbocycles. The molecule has 0 atom stereocenters. The molecule has 11 rings (SSSR count). The van der Waals surface area contributed by atoms with Crippen LogP contribution in [0.5, 0.6) is 0 Å². The van der Waals surface area contributed by atoms with E-state index >= 15 is 0 Å². The summed E-state index contributed by atoms with van der Waals surface area (Å²) < 4.78 is 8.72. The minimum absolute atomic E-state index is 0.832. The quantitative estimate of drug-likeness (QED) is 0.173. The molecule has 0 unspecified atom stereocenters. The van der Waals surface area contributed by atoms with E-state index in [4.69, 9.17) is 4.42 Å². The van der Waals surface area contributed by atoms with Gasteiger partial charge in [0.2, 0.25) is 0 Å². The van der Waals surface area contributed by atoms with Crippen LogP contribution in [-0.4, -0.2) is 9.55 Å². The van der Waals surface area contributed by atoms with Crippen LogP contribution in [0.15, 0.2) is 205 Å². The average Bonchev–Trinajstić information content (AvgIpc) is 3.80. The Morgan fingerprint density at radius 2 is 1.07 bits per heavy atom. The van der Waals surface area contributed by atoms with Crippen LogP contribution in [-0.2, 0) is 0 Å². The van der Waals surface area contributed by atoms with Gasteiger partial charge in [0.05, 0.1) is 11.0 Å². The van der Waals surface area contributed by atoms with Gasteiger partial charge in [-0.2, -0.15) is 0 Å². The maximum atomic E-state index is 6.33. The van der Waals surface area contributed by atoms with Gasteiger partial charge >= 0.3 is 0 Å². The first-order valence-electron chi connectivity index (χ1n) is 18.6. The molecule has 0 aliphatic carbocycles. The van der Waals surface area contributed by atoms with Crippen molar-refractivity contribution in [2.45, 2.75) is 0 Å². The monoisotopic (exact) mass is 703 g/mol. The van der Waals surface area contributed by atoms with Gasteiger partial charge in [0, 0.05) is 62.8 Å². The van der Waals surface area contributed by atoms with Crippen molar-refractivity contribution in [2.75, 3.05) is 4.90 Å². The Morgan fingerprint density at radius 1 is 0.418 bits per heavy atom. The van der Waals surface area contributed by atoms with Crippen LogP contribution in [0, 0.1) is 0 Å². The number of hydrogen-bond acceptors (Lipinski definition) is 3. The summed E-state index contributed by atoms with van der Waals surface area (Å²) in [4.78, 5) is 6.66. The molecule has 258 valence electrons. The maximum absolute atomic E-state index is 6.33. The topological polar surface area (TPSA) is 34.2 Å². The van der Waals surface area contributed by atoms with Crippen molar-refractivity contribution in [3.8, 4) is 27.9 Å².